The van der Waals surface area contributed by atoms with E-state index in [0.29, 0.717) is 33.7 Å². The third-order valence-corrected chi connectivity index (χ3v) is 8.93. The van der Waals surface area contributed by atoms with Gasteiger partial charge in [-0.1, -0.05) is 23.2 Å². The van der Waals surface area contributed by atoms with E-state index in [1.807, 2.05) is 6.92 Å². The summed E-state index contributed by atoms with van der Waals surface area (Å²) < 4.78 is 0. The molecule has 3 heterocycles. The van der Waals surface area contributed by atoms with Crippen molar-refractivity contribution in [2.75, 3.05) is 31.5 Å². The van der Waals surface area contributed by atoms with Crippen LogP contribution in [0, 0.1) is 5.41 Å². The van der Waals surface area contributed by atoms with E-state index >= 15 is 0 Å². The average molecular weight is 479 g/mol. The highest BCUT2D eigenvalue weighted by atomic mass is 35.5. The largest absolute Gasteiger partial charge is 0.333 e. The molecule has 3 saturated heterocycles. The number of nitrogens with one attached hydrogen (secondary N) is 1. The lowest BCUT2D eigenvalue weighted by Gasteiger charge is -2.44. The van der Waals surface area contributed by atoms with Crippen molar-refractivity contribution in [3.63, 3.8) is 0 Å². The standard InChI is InChI=1S/C24H32Cl2N4O2/c1-16-22(31)30-18(6-11-28-12-9-24(7-8-24)10-13-28)3-4-19(30)15-29(16)23(32)27-17-2-5-20(25)21(26)14-17/h2,5,14,16,18-19H,3-4,6-13,15H2,1H3,(H,27,32). The van der Waals surface area contributed by atoms with Gasteiger partial charge in [0.05, 0.1) is 10.0 Å². The lowest BCUT2D eigenvalue weighted by molar-refractivity contribution is -0.143. The lowest BCUT2D eigenvalue weighted by Crippen LogP contribution is -2.62. The summed E-state index contributed by atoms with van der Waals surface area (Å²) in [7, 11) is 0. The van der Waals surface area contributed by atoms with Crippen molar-refractivity contribution in [2.24, 2.45) is 5.41 Å². The van der Waals surface area contributed by atoms with E-state index in [4.69, 9.17) is 23.2 Å². The van der Waals surface area contributed by atoms with Crippen LogP contribution in [0.3, 0.4) is 0 Å². The molecule has 8 heteroatoms. The number of amides is 3. The van der Waals surface area contributed by atoms with Gasteiger partial charge in [0.15, 0.2) is 0 Å². The van der Waals surface area contributed by atoms with E-state index < -0.39 is 6.04 Å². The second-order valence-electron chi connectivity index (χ2n) is 10.1. The normalized spacial score (nSPS) is 29.3. The van der Waals surface area contributed by atoms with Gasteiger partial charge in [0.1, 0.15) is 6.04 Å². The van der Waals surface area contributed by atoms with Crippen LogP contribution in [0.2, 0.25) is 10.0 Å². The van der Waals surface area contributed by atoms with Crippen molar-refractivity contribution in [3.05, 3.63) is 28.2 Å². The first-order valence-corrected chi connectivity index (χ1v) is 12.7. The van der Waals surface area contributed by atoms with E-state index in [2.05, 4.69) is 15.1 Å². The Kier molecular flexibility index (Phi) is 6.06. The minimum atomic E-state index is -0.473. The molecule has 0 radical (unpaired) electrons. The topological polar surface area (TPSA) is 55.9 Å². The van der Waals surface area contributed by atoms with Crippen LogP contribution < -0.4 is 5.32 Å². The SMILES string of the molecule is CC1C(=O)N2C(CCN3CCC4(CC3)CC4)CCC2CN1C(=O)Nc1ccc(Cl)c(Cl)c1. The number of hydrogen-bond acceptors (Lipinski definition) is 3. The molecule has 3 unspecified atom stereocenters. The highest BCUT2D eigenvalue weighted by Crippen LogP contribution is 2.53. The first-order chi connectivity index (χ1) is 15.3. The van der Waals surface area contributed by atoms with Crippen LogP contribution in [0.15, 0.2) is 18.2 Å². The van der Waals surface area contributed by atoms with Gasteiger partial charge < -0.3 is 20.0 Å². The van der Waals surface area contributed by atoms with Crippen molar-refractivity contribution in [2.45, 2.75) is 70.0 Å². The highest BCUT2D eigenvalue weighted by Gasteiger charge is 2.47. The number of halogens is 2. The molecule has 3 amide bonds. The van der Waals surface area contributed by atoms with Crippen molar-refractivity contribution >= 4 is 40.8 Å². The summed E-state index contributed by atoms with van der Waals surface area (Å²) in [6.45, 7) is 5.91. The van der Waals surface area contributed by atoms with Gasteiger partial charge in [0, 0.05) is 30.9 Å². The van der Waals surface area contributed by atoms with Crippen LogP contribution in [-0.4, -0.2) is 70.9 Å². The predicted molar refractivity (Wildman–Crippen MR) is 127 cm³/mol. The third kappa shape index (κ3) is 4.34. The second-order valence-corrected chi connectivity index (χ2v) is 11.0. The highest BCUT2D eigenvalue weighted by molar-refractivity contribution is 6.42. The zero-order valence-corrected chi connectivity index (χ0v) is 20.2. The summed E-state index contributed by atoms with van der Waals surface area (Å²) >= 11 is 12.0. The van der Waals surface area contributed by atoms with Gasteiger partial charge in [-0.3, -0.25) is 4.79 Å². The van der Waals surface area contributed by atoms with E-state index in [1.54, 1.807) is 23.1 Å². The number of hydrogen-bond donors (Lipinski definition) is 1. The fraction of sp³-hybridized carbons (Fsp3) is 0.667. The molecule has 1 N–H and O–H groups in total. The predicted octanol–water partition coefficient (Wildman–Crippen LogP) is 4.86. The van der Waals surface area contributed by atoms with Crippen molar-refractivity contribution in [1.82, 2.24) is 14.7 Å². The Hall–Kier alpha value is -1.50. The number of carbonyl (C=O) groups is 2. The first-order valence-electron chi connectivity index (χ1n) is 11.9. The maximum atomic E-state index is 13.3. The first kappa shape index (κ1) is 22.3. The molecule has 1 spiro atoms. The maximum Gasteiger partial charge on any atom is 0.322 e. The second kappa shape index (κ2) is 8.69. The molecule has 1 aromatic carbocycles. The quantitative estimate of drug-likeness (QED) is 0.672. The number of likely N-dealkylation sites (tertiary alicyclic amines) is 1. The van der Waals surface area contributed by atoms with Crippen LogP contribution in [-0.2, 0) is 4.79 Å². The Morgan fingerprint density at radius 2 is 1.88 bits per heavy atom. The molecule has 1 aliphatic carbocycles. The number of piperidine rings is 1. The number of benzene rings is 1. The summed E-state index contributed by atoms with van der Waals surface area (Å²) in [6, 6.07) is 4.66. The van der Waals surface area contributed by atoms with Crippen molar-refractivity contribution in [3.8, 4) is 0 Å². The number of rotatable bonds is 4. The zero-order valence-electron chi connectivity index (χ0n) is 18.7. The lowest BCUT2D eigenvalue weighted by atomic mass is 9.93. The monoisotopic (exact) mass is 478 g/mol. The Morgan fingerprint density at radius 1 is 1.12 bits per heavy atom. The van der Waals surface area contributed by atoms with Crippen molar-refractivity contribution in [1.29, 1.82) is 0 Å². The summed E-state index contributed by atoms with van der Waals surface area (Å²) in [6.07, 6.45) is 8.59. The number of nitrogens with zero attached hydrogens (tertiary/aromatic N) is 3. The fourth-order valence-corrected chi connectivity index (χ4v) is 6.10. The number of anilines is 1. The maximum absolute atomic E-state index is 13.3. The molecule has 5 rings (SSSR count). The summed E-state index contributed by atoms with van der Waals surface area (Å²) in [5.74, 6) is 0.0728. The third-order valence-electron chi connectivity index (χ3n) is 8.19. The molecule has 174 valence electrons. The Bertz CT molecular complexity index is 896. The minimum absolute atomic E-state index is 0.0728. The number of fused-ring (bicyclic) bond motifs is 1. The molecule has 4 fully saturated rings. The Morgan fingerprint density at radius 3 is 2.56 bits per heavy atom. The molecule has 0 bridgehead atoms. The molecular formula is C24H32Cl2N4O2. The smallest absolute Gasteiger partial charge is 0.322 e. The molecule has 1 aromatic rings. The fourth-order valence-electron chi connectivity index (χ4n) is 5.81. The zero-order chi connectivity index (χ0) is 22.5. The molecule has 1 saturated carbocycles. The molecule has 32 heavy (non-hydrogen) atoms. The number of piperazine rings is 1. The van der Waals surface area contributed by atoms with E-state index in [1.165, 1.54) is 38.8 Å². The Balaban J connectivity index is 1.17. The van der Waals surface area contributed by atoms with Gasteiger partial charge in [-0.2, -0.15) is 0 Å². The van der Waals surface area contributed by atoms with E-state index in [9.17, 15) is 9.59 Å². The van der Waals surface area contributed by atoms with E-state index in [0.717, 1.165) is 25.8 Å². The minimum Gasteiger partial charge on any atom is -0.333 e. The summed E-state index contributed by atoms with van der Waals surface area (Å²) in [5.41, 5.74) is 1.28. The Labute approximate surface area is 200 Å². The van der Waals surface area contributed by atoms with Crippen LogP contribution in [0.1, 0.15) is 51.9 Å². The van der Waals surface area contributed by atoms with Gasteiger partial charge in [-0.05, 0) is 88.6 Å². The van der Waals surface area contributed by atoms with Crippen LogP contribution in [0.4, 0.5) is 10.5 Å². The van der Waals surface area contributed by atoms with Gasteiger partial charge in [0.2, 0.25) is 5.91 Å². The summed E-state index contributed by atoms with van der Waals surface area (Å²) in [4.78, 5) is 32.6. The van der Waals surface area contributed by atoms with Crippen LogP contribution in [0.5, 0.6) is 0 Å². The molecule has 4 aliphatic rings. The number of urea groups is 1. The summed E-state index contributed by atoms with van der Waals surface area (Å²) in [5, 5.41) is 3.70. The molecule has 3 atom stereocenters. The van der Waals surface area contributed by atoms with Crippen LogP contribution >= 0.6 is 23.2 Å². The number of carbonyl (C=O) groups excluding carboxylic acids is 2. The van der Waals surface area contributed by atoms with Gasteiger partial charge in [-0.15, -0.1) is 0 Å². The molecular weight excluding hydrogens is 447 g/mol. The molecule has 3 aliphatic heterocycles. The average Bonchev–Trinajstić information content (AvgIpc) is 3.40. The van der Waals surface area contributed by atoms with Gasteiger partial charge in [0.25, 0.3) is 0 Å². The molecule has 6 nitrogen and oxygen atoms in total. The van der Waals surface area contributed by atoms with Gasteiger partial charge >= 0.3 is 6.03 Å². The van der Waals surface area contributed by atoms with Crippen LogP contribution in [0.25, 0.3) is 0 Å². The molecule has 0 aromatic heterocycles. The van der Waals surface area contributed by atoms with Gasteiger partial charge in [-0.25, -0.2) is 4.79 Å². The van der Waals surface area contributed by atoms with Crippen molar-refractivity contribution < 1.29 is 9.59 Å². The van der Waals surface area contributed by atoms with E-state index in [-0.39, 0.29) is 18.0 Å².